The van der Waals surface area contributed by atoms with Gasteiger partial charge in [-0.25, -0.2) is 4.98 Å². The van der Waals surface area contributed by atoms with Crippen molar-refractivity contribution in [2.45, 2.75) is 19.3 Å². The first-order chi connectivity index (χ1) is 8.98. The van der Waals surface area contributed by atoms with Gasteiger partial charge < -0.3 is 9.88 Å². The van der Waals surface area contributed by atoms with Crippen molar-refractivity contribution in [1.29, 1.82) is 0 Å². The molecule has 0 saturated heterocycles. The van der Waals surface area contributed by atoms with E-state index in [-0.39, 0.29) is 12.1 Å². The predicted molar refractivity (Wildman–Crippen MR) is 65.2 cm³/mol. The van der Waals surface area contributed by atoms with Crippen molar-refractivity contribution >= 4 is 0 Å². The van der Waals surface area contributed by atoms with Gasteiger partial charge in [-0.1, -0.05) is 18.2 Å². The van der Waals surface area contributed by atoms with Crippen LogP contribution < -0.4 is 5.32 Å². The van der Waals surface area contributed by atoms with Crippen LogP contribution in [0.1, 0.15) is 17.0 Å². The van der Waals surface area contributed by atoms with Crippen LogP contribution in [-0.4, -0.2) is 9.55 Å². The fourth-order valence-electron chi connectivity index (χ4n) is 1.83. The molecule has 0 atom stereocenters. The Morgan fingerprint density at radius 3 is 2.58 bits per heavy atom. The minimum absolute atomic E-state index is 0.155. The third-order valence-electron chi connectivity index (χ3n) is 2.84. The van der Waals surface area contributed by atoms with Crippen LogP contribution in [0.25, 0.3) is 0 Å². The smallest absolute Gasteiger partial charge is 0.337 e. The Labute approximate surface area is 109 Å². The number of rotatable bonds is 4. The van der Waals surface area contributed by atoms with Crippen molar-refractivity contribution in [2.75, 3.05) is 0 Å². The van der Waals surface area contributed by atoms with E-state index in [0.717, 1.165) is 11.9 Å². The predicted octanol–water partition coefficient (Wildman–Crippen LogP) is 2.73. The molecule has 6 heteroatoms. The lowest BCUT2D eigenvalue weighted by molar-refractivity contribution is -0.138. The van der Waals surface area contributed by atoms with Gasteiger partial charge in [0.1, 0.15) is 5.82 Å². The molecule has 1 heterocycles. The van der Waals surface area contributed by atoms with Crippen LogP contribution in [-0.2, 0) is 26.3 Å². The Kier molecular flexibility index (Phi) is 3.90. The topological polar surface area (TPSA) is 29.9 Å². The van der Waals surface area contributed by atoms with Crippen LogP contribution in [0.2, 0.25) is 0 Å². The van der Waals surface area contributed by atoms with Gasteiger partial charge in [0.2, 0.25) is 0 Å². The van der Waals surface area contributed by atoms with Gasteiger partial charge in [0.25, 0.3) is 0 Å². The fourth-order valence-corrected chi connectivity index (χ4v) is 1.83. The van der Waals surface area contributed by atoms with Gasteiger partial charge in [-0.05, 0) is 11.6 Å². The third-order valence-corrected chi connectivity index (χ3v) is 2.84. The highest BCUT2D eigenvalue weighted by Gasteiger charge is 2.32. The molecule has 19 heavy (non-hydrogen) atoms. The van der Waals surface area contributed by atoms with E-state index in [9.17, 15) is 13.2 Å². The molecule has 0 spiro atoms. The number of hydrogen-bond donors (Lipinski definition) is 1. The van der Waals surface area contributed by atoms with Crippen LogP contribution in [0.4, 0.5) is 13.2 Å². The van der Waals surface area contributed by atoms with E-state index in [2.05, 4.69) is 10.3 Å². The molecular formula is C13H14F3N3. The second kappa shape index (κ2) is 5.44. The fraction of sp³-hybridized carbons (Fsp3) is 0.308. The zero-order chi connectivity index (χ0) is 13.9. The normalized spacial score (nSPS) is 11.8. The molecule has 0 aliphatic carbocycles. The third kappa shape index (κ3) is 3.35. The van der Waals surface area contributed by atoms with Gasteiger partial charge in [-0.3, -0.25) is 0 Å². The van der Waals surface area contributed by atoms with Crippen LogP contribution in [0, 0.1) is 0 Å². The van der Waals surface area contributed by atoms with Crippen molar-refractivity contribution in [3.63, 3.8) is 0 Å². The van der Waals surface area contributed by atoms with Crippen LogP contribution >= 0.6 is 0 Å². The first-order valence-electron chi connectivity index (χ1n) is 5.80. The summed E-state index contributed by atoms with van der Waals surface area (Å²) in [6, 6.07) is 5.57. The molecular weight excluding hydrogens is 255 g/mol. The van der Waals surface area contributed by atoms with E-state index >= 15 is 0 Å². The lowest BCUT2D eigenvalue weighted by Crippen LogP contribution is -2.18. The Balaban J connectivity index is 2.02. The van der Waals surface area contributed by atoms with E-state index in [4.69, 9.17) is 0 Å². The number of imidazole rings is 1. The van der Waals surface area contributed by atoms with Crippen molar-refractivity contribution in [2.24, 2.45) is 7.05 Å². The Hall–Kier alpha value is -1.82. The van der Waals surface area contributed by atoms with Crippen LogP contribution in [0.15, 0.2) is 36.7 Å². The van der Waals surface area contributed by atoms with Gasteiger partial charge in [0.15, 0.2) is 0 Å². The van der Waals surface area contributed by atoms with Gasteiger partial charge in [0.05, 0.1) is 12.1 Å². The largest absolute Gasteiger partial charge is 0.416 e. The molecule has 0 bridgehead atoms. The summed E-state index contributed by atoms with van der Waals surface area (Å²) in [5, 5.41) is 2.97. The number of benzene rings is 1. The Bertz CT molecular complexity index is 546. The number of alkyl halides is 3. The Morgan fingerprint density at radius 1 is 1.21 bits per heavy atom. The highest BCUT2D eigenvalue weighted by atomic mass is 19.4. The lowest BCUT2D eigenvalue weighted by atomic mass is 10.1. The molecule has 102 valence electrons. The highest BCUT2D eigenvalue weighted by Crippen LogP contribution is 2.31. The maximum Gasteiger partial charge on any atom is 0.416 e. The summed E-state index contributed by atoms with van der Waals surface area (Å²) in [7, 11) is 1.84. The van der Waals surface area contributed by atoms with Crippen molar-refractivity contribution < 1.29 is 13.2 Å². The van der Waals surface area contributed by atoms with Crippen LogP contribution in [0.3, 0.4) is 0 Å². The van der Waals surface area contributed by atoms with E-state index < -0.39 is 11.7 Å². The number of nitrogens with one attached hydrogen (secondary N) is 1. The molecule has 0 amide bonds. The highest BCUT2D eigenvalue weighted by molar-refractivity contribution is 5.29. The quantitative estimate of drug-likeness (QED) is 0.925. The molecule has 0 aliphatic heterocycles. The minimum Gasteiger partial charge on any atom is -0.337 e. The molecule has 0 fully saturated rings. The van der Waals surface area contributed by atoms with Crippen LogP contribution in [0.5, 0.6) is 0 Å². The average Bonchev–Trinajstić information content (AvgIpc) is 2.75. The summed E-state index contributed by atoms with van der Waals surface area (Å²) < 4.78 is 40.1. The van der Waals surface area contributed by atoms with Gasteiger partial charge in [0, 0.05) is 26.0 Å². The zero-order valence-electron chi connectivity index (χ0n) is 10.4. The van der Waals surface area contributed by atoms with E-state index in [1.54, 1.807) is 18.5 Å². The molecule has 0 saturated carbocycles. The SMILES string of the molecule is Cn1ccnc1CNCc1ccccc1C(F)(F)F. The minimum atomic E-state index is -4.32. The number of hydrogen-bond acceptors (Lipinski definition) is 2. The molecule has 0 aliphatic rings. The van der Waals surface area contributed by atoms with Crippen molar-refractivity contribution in [3.8, 4) is 0 Å². The second-order valence-corrected chi connectivity index (χ2v) is 4.21. The molecule has 1 N–H and O–H groups in total. The number of aryl methyl sites for hydroxylation is 1. The first kappa shape index (κ1) is 13.6. The maximum atomic E-state index is 12.8. The second-order valence-electron chi connectivity index (χ2n) is 4.21. The number of aromatic nitrogens is 2. The standard InChI is InChI=1S/C13H14F3N3/c1-19-7-6-18-12(19)9-17-8-10-4-2-3-5-11(10)13(14,15)16/h2-7,17H,8-9H2,1H3. The maximum absolute atomic E-state index is 12.8. The molecule has 0 radical (unpaired) electrons. The average molecular weight is 269 g/mol. The van der Waals surface area contributed by atoms with Gasteiger partial charge >= 0.3 is 6.18 Å². The summed E-state index contributed by atoms with van der Waals surface area (Å²) in [6.07, 6.45) is -0.872. The molecule has 2 rings (SSSR count). The molecule has 1 aromatic carbocycles. The first-order valence-corrected chi connectivity index (χ1v) is 5.80. The summed E-state index contributed by atoms with van der Waals surface area (Å²) in [5.74, 6) is 0.782. The summed E-state index contributed by atoms with van der Waals surface area (Å²) in [4.78, 5) is 4.10. The molecule has 3 nitrogen and oxygen atoms in total. The summed E-state index contributed by atoms with van der Waals surface area (Å²) in [6.45, 7) is 0.582. The molecule has 0 unspecified atom stereocenters. The molecule has 2 aromatic rings. The number of halogens is 3. The zero-order valence-corrected chi connectivity index (χ0v) is 10.4. The van der Waals surface area contributed by atoms with E-state index in [1.165, 1.54) is 12.1 Å². The number of nitrogens with zero attached hydrogens (tertiary/aromatic N) is 2. The monoisotopic (exact) mass is 269 g/mol. The lowest BCUT2D eigenvalue weighted by Gasteiger charge is -2.13. The van der Waals surface area contributed by atoms with Gasteiger partial charge in [-0.15, -0.1) is 0 Å². The van der Waals surface area contributed by atoms with Crippen molar-refractivity contribution in [1.82, 2.24) is 14.9 Å². The molecule has 1 aromatic heterocycles. The van der Waals surface area contributed by atoms with Crippen molar-refractivity contribution in [3.05, 3.63) is 53.6 Å². The summed E-state index contributed by atoms with van der Waals surface area (Å²) in [5.41, 5.74) is -0.355. The van der Waals surface area contributed by atoms with Gasteiger partial charge in [-0.2, -0.15) is 13.2 Å². The summed E-state index contributed by atoms with van der Waals surface area (Å²) >= 11 is 0. The van der Waals surface area contributed by atoms with E-state index in [0.29, 0.717) is 6.54 Å². The Morgan fingerprint density at radius 2 is 1.95 bits per heavy atom. The van der Waals surface area contributed by atoms with E-state index in [1.807, 2.05) is 11.6 Å².